The highest BCUT2D eigenvalue weighted by Crippen LogP contribution is 2.41. The molecule has 21 nitrogen and oxygen atoms in total. The number of carbonyl (C=O) groups excluding carboxylic acids is 3. The van der Waals surface area contributed by atoms with Crippen LogP contribution in [-0.2, 0) is 37.3 Å². The van der Waals surface area contributed by atoms with Crippen molar-refractivity contribution in [2.75, 3.05) is 53.7 Å². The lowest BCUT2D eigenvalue weighted by atomic mass is 9.88. The van der Waals surface area contributed by atoms with E-state index in [1.165, 1.54) is 20.1 Å². The van der Waals surface area contributed by atoms with Crippen LogP contribution < -0.4 is 24.8 Å². The summed E-state index contributed by atoms with van der Waals surface area (Å²) in [5.74, 6) is -3.46. The quantitative estimate of drug-likeness (QED) is 0.0123. The maximum Gasteiger partial charge on any atom is 0.737 e. The number of quaternary nitrogens is 1. The normalized spacial score (nSPS) is 14.9. The van der Waals surface area contributed by atoms with Crippen LogP contribution in [0, 0.1) is 20.2 Å². The van der Waals surface area contributed by atoms with Crippen LogP contribution in [0.25, 0.3) is 6.08 Å². The second kappa shape index (κ2) is 22.8. The number of benzene rings is 2. The lowest BCUT2D eigenvalue weighted by Gasteiger charge is -2.32. The Bertz CT molecular complexity index is 2700. The first-order valence-electron chi connectivity index (χ1n) is 22.6. The highest BCUT2D eigenvalue weighted by molar-refractivity contribution is 7.85. The number of non-ortho nitro benzene ring substituents is 1. The topological polar surface area (TPSA) is 261 Å². The lowest BCUT2D eigenvalue weighted by molar-refractivity contribution is -0.870. The summed E-state index contributed by atoms with van der Waals surface area (Å²) in [6, 6.07) is 6.72. The Morgan fingerprint density at radius 2 is 1.64 bits per heavy atom. The van der Waals surface area contributed by atoms with E-state index in [0.29, 0.717) is 59.2 Å². The van der Waals surface area contributed by atoms with Gasteiger partial charge in [0.05, 0.1) is 62.8 Å². The Balaban J connectivity index is 1.25. The van der Waals surface area contributed by atoms with Gasteiger partial charge < -0.3 is 51.7 Å². The molecule has 0 saturated carbocycles. The van der Waals surface area contributed by atoms with Gasteiger partial charge in [-0.3, -0.25) is 34.4 Å². The van der Waals surface area contributed by atoms with Gasteiger partial charge in [0.25, 0.3) is 21.5 Å². The monoisotopic (exact) mass is 1000 g/mol. The fourth-order valence-corrected chi connectivity index (χ4v) is 8.97. The zero-order valence-corrected chi connectivity index (χ0v) is 40.9. The number of methoxy groups -OCH3 is 1. The van der Waals surface area contributed by atoms with Gasteiger partial charge in [0.15, 0.2) is 17.2 Å². The summed E-state index contributed by atoms with van der Waals surface area (Å²) in [5.41, 5.74) is 2.13. The van der Waals surface area contributed by atoms with E-state index in [1.54, 1.807) is 12.2 Å². The first kappa shape index (κ1) is 54.2. The molecule has 0 fully saturated rings. The second-order valence-corrected chi connectivity index (χ2v) is 19.4. The molecule has 0 spiro atoms. The van der Waals surface area contributed by atoms with E-state index in [0.717, 1.165) is 57.8 Å². The van der Waals surface area contributed by atoms with Crippen molar-refractivity contribution in [3.05, 3.63) is 103 Å². The van der Waals surface area contributed by atoms with Gasteiger partial charge in [-0.15, -0.1) is 0 Å². The molecule has 70 heavy (non-hydrogen) atoms. The van der Waals surface area contributed by atoms with E-state index in [-0.39, 0.29) is 53.8 Å². The van der Waals surface area contributed by atoms with Crippen molar-refractivity contribution in [1.82, 2.24) is 15.1 Å². The van der Waals surface area contributed by atoms with Gasteiger partial charge in [0.2, 0.25) is 11.8 Å². The number of rotatable bonds is 25. The SMILES string of the molecule is CCCC1=CC(CCC(=O)NC(CS(=O)(=O)O)C(=O)NCCOc2cc([N+](=O)[O-])c(C(C)OC(=O)Oc3ccc([N+](=O)[O-])cc3)cc2OC)=[N+]2C1=Cc1c(CCC)cc(CCC[N+](C)(C)C)n1[B-]2(F)F. The van der Waals surface area contributed by atoms with Crippen LogP contribution in [0.3, 0.4) is 0 Å². The molecule has 0 saturated heterocycles. The van der Waals surface area contributed by atoms with Crippen LogP contribution in [0.1, 0.15) is 87.9 Å². The molecular formula is C45H59BF2N7O14S+. The van der Waals surface area contributed by atoms with Crippen molar-refractivity contribution >= 4 is 58.2 Å². The van der Waals surface area contributed by atoms with Gasteiger partial charge in [-0.25, -0.2) is 4.79 Å². The maximum absolute atomic E-state index is 17.1. The fourth-order valence-electron chi connectivity index (χ4n) is 8.32. The Hall–Kier alpha value is -6.73. The van der Waals surface area contributed by atoms with E-state index in [2.05, 4.69) is 10.6 Å². The minimum Gasteiger partial charge on any atom is -0.493 e. The Labute approximate surface area is 403 Å². The Kier molecular flexibility index (Phi) is 17.7. The number of aryl methyl sites for hydroxylation is 2. The van der Waals surface area contributed by atoms with Crippen molar-refractivity contribution in [3.63, 3.8) is 0 Å². The molecule has 3 aromatic rings. The number of nitro groups is 2. The maximum atomic E-state index is 17.1. The van der Waals surface area contributed by atoms with Gasteiger partial charge in [-0.1, -0.05) is 26.7 Å². The van der Waals surface area contributed by atoms with Crippen LogP contribution in [0.5, 0.6) is 17.2 Å². The van der Waals surface area contributed by atoms with Crippen LogP contribution in [-0.4, -0.2) is 127 Å². The van der Waals surface area contributed by atoms with Crippen LogP contribution >= 0.6 is 0 Å². The molecule has 380 valence electrons. The van der Waals surface area contributed by atoms with Crippen molar-refractivity contribution < 1.29 is 73.7 Å². The van der Waals surface area contributed by atoms with Crippen LogP contribution in [0.4, 0.5) is 24.8 Å². The molecule has 2 aliphatic heterocycles. The number of amides is 2. The summed E-state index contributed by atoms with van der Waals surface area (Å²) >= 11 is 0. The Morgan fingerprint density at radius 3 is 2.24 bits per heavy atom. The van der Waals surface area contributed by atoms with Gasteiger partial charge in [0.1, 0.15) is 36.0 Å². The first-order valence-corrected chi connectivity index (χ1v) is 24.3. The van der Waals surface area contributed by atoms with Crippen molar-refractivity contribution in [3.8, 4) is 17.2 Å². The number of halogens is 2. The minimum atomic E-state index is -4.85. The van der Waals surface area contributed by atoms with Gasteiger partial charge in [0, 0.05) is 54.8 Å². The number of carbonyl (C=O) groups is 3. The summed E-state index contributed by atoms with van der Waals surface area (Å²) in [7, 11) is 2.50. The summed E-state index contributed by atoms with van der Waals surface area (Å²) < 4.78 is 91.9. The van der Waals surface area contributed by atoms with Crippen molar-refractivity contribution in [2.45, 2.75) is 84.3 Å². The molecule has 0 aliphatic carbocycles. The summed E-state index contributed by atoms with van der Waals surface area (Å²) in [5, 5.41) is 27.7. The molecule has 2 aromatic carbocycles. The number of nitrogens with one attached hydrogen (secondary N) is 2. The summed E-state index contributed by atoms with van der Waals surface area (Å²) in [6.07, 6.45) is 3.98. The zero-order chi connectivity index (χ0) is 51.7. The Morgan fingerprint density at radius 1 is 0.957 bits per heavy atom. The molecule has 0 bridgehead atoms. The fraction of sp³-hybridized carbons (Fsp3) is 0.467. The molecule has 3 heterocycles. The molecule has 0 radical (unpaired) electrons. The van der Waals surface area contributed by atoms with Gasteiger partial charge in [-0.05, 0) is 61.7 Å². The van der Waals surface area contributed by atoms with E-state index >= 15 is 8.63 Å². The van der Waals surface area contributed by atoms with E-state index in [4.69, 9.17) is 18.9 Å². The number of allylic oxidation sites excluding steroid dienone is 2. The average Bonchev–Trinajstić information content (AvgIpc) is 3.81. The van der Waals surface area contributed by atoms with E-state index in [9.17, 15) is 47.6 Å². The number of fused-ring (bicyclic) bond motifs is 2. The minimum absolute atomic E-state index is 0.0588. The molecule has 2 aliphatic rings. The molecule has 2 amide bonds. The van der Waals surface area contributed by atoms with E-state index < -0.39 is 74.9 Å². The summed E-state index contributed by atoms with van der Waals surface area (Å²) in [4.78, 5) is 60.8. The first-order chi connectivity index (χ1) is 32.9. The summed E-state index contributed by atoms with van der Waals surface area (Å²) in [6.45, 7) is 0.878. The largest absolute Gasteiger partial charge is 0.737 e. The van der Waals surface area contributed by atoms with Crippen LogP contribution in [0.2, 0.25) is 0 Å². The molecule has 1 aromatic heterocycles. The third-order valence-electron chi connectivity index (χ3n) is 11.4. The number of aromatic nitrogens is 1. The van der Waals surface area contributed by atoms with Gasteiger partial charge >= 0.3 is 13.1 Å². The third kappa shape index (κ3) is 13.7. The molecule has 25 heteroatoms. The zero-order valence-electron chi connectivity index (χ0n) is 40.1. The smallest absolute Gasteiger partial charge is 0.493 e. The number of ether oxygens (including phenoxy) is 4. The third-order valence-corrected chi connectivity index (χ3v) is 12.2. The van der Waals surface area contributed by atoms with E-state index in [1.807, 2.05) is 41.1 Å². The molecule has 5 rings (SSSR count). The highest BCUT2D eigenvalue weighted by atomic mass is 32.2. The predicted molar refractivity (Wildman–Crippen MR) is 254 cm³/mol. The van der Waals surface area contributed by atoms with Gasteiger partial charge in [-0.2, -0.15) is 8.42 Å². The van der Waals surface area contributed by atoms with Crippen molar-refractivity contribution in [1.29, 1.82) is 0 Å². The molecule has 2 atom stereocenters. The predicted octanol–water partition coefficient (Wildman–Crippen LogP) is 6.30. The second-order valence-electron chi connectivity index (χ2n) is 17.9. The average molecular weight is 1000 g/mol. The highest BCUT2D eigenvalue weighted by Gasteiger charge is 2.54. The molecule has 3 N–H and O–H groups in total. The number of nitrogens with zero attached hydrogens (tertiary/aromatic N) is 5. The lowest BCUT2D eigenvalue weighted by Crippen LogP contribution is -2.52. The molecule has 2 unspecified atom stereocenters. The number of nitro benzene ring substituents is 2. The van der Waals surface area contributed by atoms with Crippen LogP contribution in [0.15, 0.2) is 59.8 Å². The van der Waals surface area contributed by atoms with Crippen molar-refractivity contribution in [2.24, 2.45) is 0 Å². The number of hydrogen-bond acceptors (Lipinski definition) is 13. The molecular weight excluding hydrogens is 943 g/mol. The standard InChI is InChI=1S/C45H58BF2N7O14S/c1-8-11-30-23-33(13-10-21-55(4,5)6)51-38(30)26-39-31(12-9-2)24-34(52(39)46(51,47)48)16-19-43(56)50-37(28-70(63,64)65)44(57)49-20-22-67-42-27-40(54(61)62)36(25-41(42)66-7)29(3)68-45(58)69-35-17-14-32(15-18-35)53(59)60/h14-15,17-18,23-27,29,37H,8-13,16,19-22,28H2,1-7H3,(H2-,49,50,56,57,63,64,65)/p+1. The number of hydrogen-bond donors (Lipinski definition) is 3.